The number of aryl methyl sites for hydroxylation is 2. The number of nitrogens with zero attached hydrogens (tertiary/aromatic N) is 2. The van der Waals surface area contributed by atoms with Crippen molar-refractivity contribution in [2.45, 2.75) is 11.3 Å². The van der Waals surface area contributed by atoms with E-state index < -0.39 is 0 Å². The quantitative estimate of drug-likeness (QED) is 0.684. The van der Waals surface area contributed by atoms with E-state index in [-0.39, 0.29) is 0 Å². The van der Waals surface area contributed by atoms with Crippen LogP contribution < -0.4 is 5.73 Å². The molecule has 0 aliphatic rings. The fraction of sp³-hybridized carbons (Fsp3) is 0.250. The average Bonchev–Trinajstić information content (AvgIpc) is 2.70. The normalized spacial score (nSPS) is 10.7. The predicted octanol–water partition coefficient (Wildman–Crippen LogP) is 2.99. The van der Waals surface area contributed by atoms with Gasteiger partial charge in [0.05, 0.1) is 0 Å². The van der Waals surface area contributed by atoms with Crippen LogP contribution in [0, 0.1) is 0 Å². The van der Waals surface area contributed by atoms with Gasteiger partial charge in [0.25, 0.3) is 0 Å². The molecule has 0 amide bonds. The molecule has 2 rings (SSSR count). The van der Waals surface area contributed by atoms with E-state index in [9.17, 15) is 0 Å². The number of anilines is 1. The van der Waals surface area contributed by atoms with Gasteiger partial charge < -0.3 is 5.73 Å². The highest BCUT2D eigenvalue weighted by Gasteiger charge is 2.03. The zero-order valence-corrected chi connectivity index (χ0v) is 11.1. The second kappa shape index (κ2) is 5.47. The van der Waals surface area contributed by atoms with E-state index in [1.165, 1.54) is 5.69 Å². The van der Waals surface area contributed by atoms with Gasteiger partial charge in [-0.25, -0.2) is 0 Å². The number of benzene rings is 1. The Balaban J connectivity index is 1.94. The molecule has 1 heterocycles. The van der Waals surface area contributed by atoms with E-state index in [2.05, 4.69) is 5.10 Å². The highest BCUT2D eigenvalue weighted by Crippen LogP contribution is 2.28. The van der Waals surface area contributed by atoms with E-state index in [4.69, 9.17) is 17.3 Å². The first kappa shape index (κ1) is 12.3. The molecule has 0 atom stereocenters. The van der Waals surface area contributed by atoms with Crippen molar-refractivity contribution in [1.29, 1.82) is 0 Å². The lowest BCUT2D eigenvalue weighted by molar-refractivity contribution is 0.720. The lowest BCUT2D eigenvalue weighted by Gasteiger charge is -2.06. The summed E-state index contributed by atoms with van der Waals surface area (Å²) < 4.78 is 1.89. The number of aromatic nitrogens is 2. The molecule has 17 heavy (non-hydrogen) atoms. The van der Waals surface area contributed by atoms with Crippen LogP contribution in [0.15, 0.2) is 35.4 Å². The summed E-state index contributed by atoms with van der Waals surface area (Å²) in [5.74, 6) is 0.962. The minimum absolute atomic E-state index is 0.724. The molecule has 0 saturated heterocycles. The first-order chi connectivity index (χ1) is 8.16. The summed E-state index contributed by atoms with van der Waals surface area (Å²) in [6.07, 6.45) is 2.78. The lowest BCUT2D eigenvalue weighted by Crippen LogP contribution is -1.99. The molecule has 0 aliphatic heterocycles. The van der Waals surface area contributed by atoms with E-state index in [0.717, 1.165) is 27.8 Å². The molecule has 1 aromatic carbocycles. The number of thioether (sulfide) groups is 1. The van der Waals surface area contributed by atoms with E-state index in [0.29, 0.717) is 0 Å². The Morgan fingerprint density at radius 3 is 2.94 bits per heavy atom. The fourth-order valence-electron chi connectivity index (χ4n) is 1.55. The maximum atomic E-state index is 5.94. The average molecular weight is 268 g/mol. The Hall–Kier alpha value is -1.13. The van der Waals surface area contributed by atoms with Crippen molar-refractivity contribution in [2.24, 2.45) is 7.05 Å². The Kier molecular flexibility index (Phi) is 3.97. The van der Waals surface area contributed by atoms with Crippen LogP contribution in [0.5, 0.6) is 0 Å². The number of hydrogen-bond acceptors (Lipinski definition) is 3. The smallest absolute Gasteiger partial charge is 0.0492 e. The van der Waals surface area contributed by atoms with Crippen LogP contribution in [0.2, 0.25) is 5.02 Å². The third kappa shape index (κ3) is 3.17. The first-order valence-corrected chi connectivity index (χ1v) is 6.68. The van der Waals surface area contributed by atoms with Crippen LogP contribution >= 0.6 is 23.4 Å². The summed E-state index contributed by atoms with van der Waals surface area (Å²) in [5.41, 5.74) is 7.88. The summed E-state index contributed by atoms with van der Waals surface area (Å²) in [5, 5.41) is 4.86. The Bertz CT molecular complexity index is 510. The second-order valence-corrected chi connectivity index (χ2v) is 5.30. The van der Waals surface area contributed by atoms with Crippen molar-refractivity contribution in [1.82, 2.24) is 9.78 Å². The van der Waals surface area contributed by atoms with Gasteiger partial charge in [-0.2, -0.15) is 5.10 Å². The lowest BCUT2D eigenvalue weighted by atomic mass is 10.3. The first-order valence-electron chi connectivity index (χ1n) is 5.31. The zero-order chi connectivity index (χ0) is 12.3. The molecule has 0 bridgehead atoms. The maximum absolute atomic E-state index is 5.94. The van der Waals surface area contributed by atoms with Gasteiger partial charge in [0, 0.05) is 40.3 Å². The Morgan fingerprint density at radius 2 is 2.24 bits per heavy atom. The van der Waals surface area contributed by atoms with E-state index >= 15 is 0 Å². The zero-order valence-electron chi connectivity index (χ0n) is 9.56. The monoisotopic (exact) mass is 267 g/mol. The number of nitrogen functional groups attached to an aromatic ring is 1. The Labute approximate surface area is 110 Å². The standard InChI is InChI=1S/C12H14ClN3S/c1-16-10(4-6-15-16)5-7-17-12-8-9(13)2-3-11(12)14/h2-4,6,8H,5,7,14H2,1H3. The van der Waals surface area contributed by atoms with Gasteiger partial charge in [0.1, 0.15) is 0 Å². The third-order valence-corrected chi connectivity index (χ3v) is 3.82. The van der Waals surface area contributed by atoms with E-state index in [1.54, 1.807) is 11.8 Å². The number of rotatable bonds is 4. The molecule has 0 saturated carbocycles. The number of hydrogen-bond donors (Lipinski definition) is 1. The molecular weight excluding hydrogens is 254 g/mol. The van der Waals surface area contributed by atoms with Gasteiger partial charge >= 0.3 is 0 Å². The summed E-state index contributed by atoms with van der Waals surface area (Å²) in [6.45, 7) is 0. The van der Waals surface area contributed by atoms with Crippen LogP contribution in [-0.2, 0) is 13.5 Å². The van der Waals surface area contributed by atoms with Crippen molar-refractivity contribution >= 4 is 29.1 Å². The minimum atomic E-state index is 0.724. The molecule has 0 aliphatic carbocycles. The predicted molar refractivity (Wildman–Crippen MR) is 73.5 cm³/mol. The second-order valence-electron chi connectivity index (χ2n) is 3.73. The van der Waals surface area contributed by atoms with Crippen LogP contribution in [0.4, 0.5) is 5.69 Å². The van der Waals surface area contributed by atoms with Crippen molar-refractivity contribution < 1.29 is 0 Å². The van der Waals surface area contributed by atoms with Crippen molar-refractivity contribution in [3.8, 4) is 0 Å². The highest BCUT2D eigenvalue weighted by molar-refractivity contribution is 7.99. The summed E-state index contributed by atoms with van der Waals surface area (Å²) in [7, 11) is 1.95. The van der Waals surface area contributed by atoms with Crippen molar-refractivity contribution in [3.05, 3.63) is 41.2 Å². The van der Waals surface area contributed by atoms with Crippen molar-refractivity contribution in [2.75, 3.05) is 11.5 Å². The Morgan fingerprint density at radius 1 is 1.41 bits per heavy atom. The van der Waals surface area contributed by atoms with Crippen molar-refractivity contribution in [3.63, 3.8) is 0 Å². The molecule has 2 N–H and O–H groups in total. The molecule has 1 aromatic heterocycles. The van der Waals surface area contributed by atoms with Gasteiger partial charge in [-0.15, -0.1) is 11.8 Å². The summed E-state index contributed by atoms with van der Waals surface area (Å²) in [6, 6.07) is 7.59. The van der Waals surface area contributed by atoms with Gasteiger partial charge in [-0.05, 0) is 30.7 Å². The molecule has 90 valence electrons. The molecule has 2 aromatic rings. The van der Waals surface area contributed by atoms with Gasteiger partial charge in [-0.3, -0.25) is 4.68 Å². The molecule has 3 nitrogen and oxygen atoms in total. The molecule has 0 radical (unpaired) electrons. The van der Waals surface area contributed by atoms with Gasteiger partial charge in [-0.1, -0.05) is 11.6 Å². The number of nitrogens with two attached hydrogens (primary N) is 1. The van der Waals surface area contributed by atoms with Crippen LogP contribution in [0.25, 0.3) is 0 Å². The molecule has 0 unspecified atom stereocenters. The van der Waals surface area contributed by atoms with Crippen LogP contribution in [0.1, 0.15) is 5.69 Å². The topological polar surface area (TPSA) is 43.8 Å². The van der Waals surface area contributed by atoms with Gasteiger partial charge in [0.2, 0.25) is 0 Å². The summed E-state index contributed by atoms with van der Waals surface area (Å²) >= 11 is 7.66. The third-order valence-electron chi connectivity index (χ3n) is 2.51. The largest absolute Gasteiger partial charge is 0.398 e. The molecular formula is C12H14ClN3S. The van der Waals surface area contributed by atoms with Gasteiger partial charge in [0.15, 0.2) is 0 Å². The SMILES string of the molecule is Cn1nccc1CCSc1cc(Cl)ccc1N. The fourth-order valence-corrected chi connectivity index (χ4v) is 2.76. The maximum Gasteiger partial charge on any atom is 0.0492 e. The molecule has 5 heteroatoms. The van der Waals surface area contributed by atoms with Crippen LogP contribution in [-0.4, -0.2) is 15.5 Å². The highest BCUT2D eigenvalue weighted by atomic mass is 35.5. The molecule has 0 spiro atoms. The van der Waals surface area contributed by atoms with E-state index in [1.807, 2.05) is 42.2 Å². The summed E-state index contributed by atoms with van der Waals surface area (Å²) in [4.78, 5) is 1.04. The minimum Gasteiger partial charge on any atom is -0.398 e. The van der Waals surface area contributed by atoms with Crippen LogP contribution in [0.3, 0.4) is 0 Å². The number of halogens is 1. The molecule has 0 fully saturated rings.